The summed E-state index contributed by atoms with van der Waals surface area (Å²) in [5, 5.41) is 36.8. The van der Waals surface area contributed by atoms with Crippen molar-refractivity contribution in [3.05, 3.63) is 82.0 Å². The van der Waals surface area contributed by atoms with Gasteiger partial charge in [-0.2, -0.15) is 8.42 Å². The molecule has 2 fully saturated rings. The van der Waals surface area contributed by atoms with Crippen LogP contribution in [0.3, 0.4) is 0 Å². The Bertz CT molecular complexity index is 1550. The molecule has 6 rings (SSSR count). The molecule has 3 aliphatic heterocycles. The van der Waals surface area contributed by atoms with E-state index in [0.29, 0.717) is 21.5 Å². The predicted octanol–water partition coefficient (Wildman–Crippen LogP) is 8.31. The first-order chi connectivity index (χ1) is 23.7. The van der Waals surface area contributed by atoms with Crippen molar-refractivity contribution in [3.8, 4) is 34.5 Å². The monoisotopic (exact) mass is 782 g/mol. The minimum absolute atomic E-state index is 0.0190. The third-order valence-electron chi connectivity index (χ3n) is 6.39. The second-order valence-corrected chi connectivity index (χ2v) is 12.6. The standard InChI is InChI=1S/2C11H13ClO3.C6H5ClO2.C5H8O.H2O4S/c12-9-7-8(4-5-10(9)13)15-11-3-1-2-6-14-11;12-9-7-8(13)4-5-10(9)15-11-3-1-2-6-14-11;7-5-3-4(8)1-2-6(5)9;1-2-4-6-5-3-1;1-5(2,3)4/h2*4-5,7,11,13H,1-3,6H2;1-3,8-9H;2,4H,1,3,5H2;(H2,1,2,3,4). The zero-order chi connectivity index (χ0) is 36.9. The fourth-order valence-corrected chi connectivity index (χ4v) is 4.60. The van der Waals surface area contributed by atoms with E-state index in [0.717, 1.165) is 58.3 Å². The first-order valence-corrected chi connectivity index (χ1v) is 17.9. The molecule has 0 aliphatic carbocycles. The molecule has 3 heterocycles. The molecule has 2 unspecified atom stereocenters. The molecule has 0 aromatic heterocycles. The highest BCUT2D eigenvalue weighted by molar-refractivity contribution is 7.79. The molecular weight excluding hydrogens is 743 g/mol. The lowest BCUT2D eigenvalue weighted by molar-refractivity contribution is -0.106. The molecule has 13 nitrogen and oxygen atoms in total. The van der Waals surface area contributed by atoms with Gasteiger partial charge in [0.25, 0.3) is 0 Å². The van der Waals surface area contributed by atoms with E-state index in [2.05, 4.69) is 0 Å². The third kappa shape index (κ3) is 19.7. The van der Waals surface area contributed by atoms with Gasteiger partial charge in [0.2, 0.25) is 0 Å². The number of rotatable bonds is 4. The molecule has 0 radical (unpaired) electrons. The molecule has 278 valence electrons. The van der Waals surface area contributed by atoms with E-state index in [1.807, 2.05) is 6.08 Å². The van der Waals surface area contributed by atoms with Gasteiger partial charge < -0.3 is 44.1 Å². The fourth-order valence-electron chi connectivity index (χ4n) is 4.03. The van der Waals surface area contributed by atoms with E-state index in [-0.39, 0.29) is 40.6 Å². The molecule has 3 aliphatic rings. The second-order valence-electron chi connectivity index (χ2n) is 10.5. The Balaban J connectivity index is 0.000000231. The van der Waals surface area contributed by atoms with E-state index < -0.39 is 10.4 Å². The van der Waals surface area contributed by atoms with Gasteiger partial charge in [0.05, 0.1) is 41.2 Å². The van der Waals surface area contributed by atoms with Crippen molar-refractivity contribution in [1.82, 2.24) is 0 Å². The van der Waals surface area contributed by atoms with Gasteiger partial charge in [-0.05, 0) is 81.0 Å². The predicted molar refractivity (Wildman–Crippen MR) is 188 cm³/mol. The SMILES string of the molecule is C1=COCCC1.O=S(=O)(O)O.Oc1ccc(O)c(Cl)c1.Oc1ccc(OC2CCCCO2)c(Cl)c1.Oc1ccc(OC2CCCCO2)cc1Cl. The summed E-state index contributed by atoms with van der Waals surface area (Å²) in [7, 11) is -4.67. The zero-order valence-electron chi connectivity index (χ0n) is 26.9. The average Bonchev–Trinajstić information content (AvgIpc) is 3.08. The Hall–Kier alpha value is -3.34. The quantitative estimate of drug-likeness (QED) is 0.109. The Morgan fingerprint density at radius 2 is 1.16 bits per heavy atom. The van der Waals surface area contributed by atoms with Gasteiger partial charge in [-0.25, -0.2) is 0 Å². The minimum Gasteiger partial charge on any atom is -0.508 e. The Morgan fingerprint density at radius 1 is 0.640 bits per heavy atom. The summed E-state index contributed by atoms with van der Waals surface area (Å²) in [4.78, 5) is 0. The van der Waals surface area contributed by atoms with Crippen molar-refractivity contribution in [2.75, 3.05) is 19.8 Å². The third-order valence-corrected chi connectivity index (χ3v) is 7.29. The van der Waals surface area contributed by atoms with Crippen molar-refractivity contribution in [2.45, 2.75) is 63.9 Å². The van der Waals surface area contributed by atoms with Crippen molar-refractivity contribution in [3.63, 3.8) is 0 Å². The number of phenols is 4. The molecule has 2 saturated heterocycles. The van der Waals surface area contributed by atoms with Crippen LogP contribution in [0.2, 0.25) is 15.1 Å². The molecule has 3 aromatic carbocycles. The average molecular weight is 784 g/mol. The lowest BCUT2D eigenvalue weighted by Gasteiger charge is -2.23. The number of benzene rings is 3. The van der Waals surface area contributed by atoms with Crippen LogP contribution in [-0.2, 0) is 24.6 Å². The number of hydrogen-bond acceptors (Lipinski definition) is 11. The van der Waals surface area contributed by atoms with Gasteiger partial charge in [0.15, 0.2) is 12.6 Å². The number of halogens is 3. The Morgan fingerprint density at radius 3 is 1.56 bits per heavy atom. The number of phenolic OH excluding ortho intramolecular Hbond substituents is 4. The van der Waals surface area contributed by atoms with Crippen LogP contribution < -0.4 is 9.47 Å². The van der Waals surface area contributed by atoms with Crippen LogP contribution in [0.25, 0.3) is 0 Å². The smallest absolute Gasteiger partial charge is 0.394 e. The number of aromatic hydroxyl groups is 4. The topological polar surface area (TPSA) is 202 Å². The van der Waals surface area contributed by atoms with Gasteiger partial charge in [-0.3, -0.25) is 9.11 Å². The second kappa shape index (κ2) is 23.2. The van der Waals surface area contributed by atoms with Crippen molar-refractivity contribution >= 4 is 45.2 Å². The lowest BCUT2D eigenvalue weighted by atomic mass is 10.2. The van der Waals surface area contributed by atoms with Crippen LogP contribution in [-0.4, -0.2) is 70.4 Å². The van der Waals surface area contributed by atoms with Gasteiger partial charge >= 0.3 is 10.4 Å². The Labute approximate surface area is 306 Å². The molecule has 2 atom stereocenters. The highest BCUT2D eigenvalue weighted by Gasteiger charge is 2.17. The fraction of sp³-hybridized carbons (Fsp3) is 0.394. The maximum absolute atomic E-state index is 9.23. The number of ether oxygens (including phenoxy) is 5. The summed E-state index contributed by atoms with van der Waals surface area (Å²) in [6.07, 6.45) is 12.0. The number of allylic oxidation sites excluding steroid dienone is 1. The van der Waals surface area contributed by atoms with Crippen molar-refractivity contribution in [2.24, 2.45) is 0 Å². The molecule has 6 N–H and O–H groups in total. The maximum Gasteiger partial charge on any atom is 0.394 e. The molecule has 0 amide bonds. The van der Waals surface area contributed by atoms with E-state index >= 15 is 0 Å². The van der Waals surface area contributed by atoms with Crippen LogP contribution in [0.5, 0.6) is 34.5 Å². The zero-order valence-corrected chi connectivity index (χ0v) is 30.0. The van der Waals surface area contributed by atoms with Crippen LogP contribution in [0.4, 0.5) is 0 Å². The molecule has 0 bridgehead atoms. The van der Waals surface area contributed by atoms with Crippen LogP contribution in [0.1, 0.15) is 51.4 Å². The minimum atomic E-state index is -4.67. The number of hydrogen-bond donors (Lipinski definition) is 6. The van der Waals surface area contributed by atoms with Crippen LogP contribution in [0, 0.1) is 0 Å². The molecular formula is C33H41Cl3O13S. The van der Waals surface area contributed by atoms with E-state index in [1.165, 1.54) is 43.2 Å². The Kier molecular flexibility index (Phi) is 19.9. The van der Waals surface area contributed by atoms with Crippen LogP contribution >= 0.6 is 34.8 Å². The highest BCUT2D eigenvalue weighted by Crippen LogP contribution is 2.31. The molecule has 50 heavy (non-hydrogen) atoms. The van der Waals surface area contributed by atoms with Crippen LogP contribution in [0.15, 0.2) is 66.9 Å². The normalized spacial score (nSPS) is 18.0. The summed E-state index contributed by atoms with van der Waals surface area (Å²) in [6, 6.07) is 13.4. The van der Waals surface area contributed by atoms with Crippen molar-refractivity contribution < 1.29 is 61.6 Å². The molecule has 0 spiro atoms. The summed E-state index contributed by atoms with van der Waals surface area (Å²) >= 11 is 17.1. The molecule has 0 saturated carbocycles. The largest absolute Gasteiger partial charge is 0.508 e. The van der Waals surface area contributed by atoms with E-state index in [1.54, 1.807) is 30.5 Å². The lowest BCUT2D eigenvalue weighted by Crippen LogP contribution is -2.25. The highest BCUT2D eigenvalue weighted by atomic mass is 35.5. The van der Waals surface area contributed by atoms with Gasteiger partial charge in [-0.1, -0.05) is 34.8 Å². The maximum atomic E-state index is 9.23. The summed E-state index contributed by atoms with van der Waals surface area (Å²) < 4.78 is 58.5. The summed E-state index contributed by atoms with van der Waals surface area (Å²) in [6.45, 7) is 2.40. The van der Waals surface area contributed by atoms with E-state index in [9.17, 15) is 10.2 Å². The summed E-state index contributed by atoms with van der Waals surface area (Å²) in [5.41, 5.74) is 0. The van der Waals surface area contributed by atoms with Gasteiger partial charge in [-0.15, -0.1) is 0 Å². The van der Waals surface area contributed by atoms with Gasteiger partial charge in [0.1, 0.15) is 34.5 Å². The molecule has 17 heteroatoms. The van der Waals surface area contributed by atoms with E-state index in [4.69, 9.17) is 86.2 Å². The van der Waals surface area contributed by atoms with Gasteiger partial charge in [0, 0.05) is 31.0 Å². The first-order valence-electron chi connectivity index (χ1n) is 15.4. The molecule has 3 aromatic rings. The van der Waals surface area contributed by atoms with Crippen molar-refractivity contribution in [1.29, 1.82) is 0 Å². The first kappa shape index (κ1) is 42.8. The summed E-state index contributed by atoms with van der Waals surface area (Å²) in [5.74, 6) is 1.42.